The molecule has 5 rings (SSSR count). The first-order valence-electron chi connectivity index (χ1n) is 11.8. The summed E-state index contributed by atoms with van der Waals surface area (Å²) in [5.41, 5.74) is 6.53. The van der Waals surface area contributed by atoms with Crippen LogP contribution in [0.2, 0.25) is 0 Å². The summed E-state index contributed by atoms with van der Waals surface area (Å²) in [6.45, 7) is 8.14. The van der Waals surface area contributed by atoms with Gasteiger partial charge in [0.2, 0.25) is 11.8 Å². The number of imidazole rings is 1. The fourth-order valence-corrected chi connectivity index (χ4v) is 4.97. The molecule has 7 nitrogen and oxygen atoms in total. The number of nitrogens with zero attached hydrogens (tertiary/aromatic N) is 4. The molecule has 2 aromatic heterocycles. The first-order valence-corrected chi connectivity index (χ1v) is 11.8. The molecule has 0 aliphatic carbocycles. The molecule has 0 spiro atoms. The highest BCUT2D eigenvalue weighted by Gasteiger charge is 2.28. The van der Waals surface area contributed by atoms with E-state index in [-0.39, 0.29) is 17.7 Å². The zero-order chi connectivity index (χ0) is 22.9. The van der Waals surface area contributed by atoms with E-state index in [2.05, 4.69) is 52.9 Å². The van der Waals surface area contributed by atoms with E-state index in [1.165, 1.54) is 11.3 Å². The van der Waals surface area contributed by atoms with E-state index in [0.717, 1.165) is 55.3 Å². The van der Waals surface area contributed by atoms with Gasteiger partial charge in [-0.05, 0) is 56.0 Å². The highest BCUT2D eigenvalue weighted by molar-refractivity contribution is 5.96. The van der Waals surface area contributed by atoms with Gasteiger partial charge >= 0.3 is 0 Å². The van der Waals surface area contributed by atoms with Crippen molar-refractivity contribution in [1.29, 1.82) is 0 Å². The number of piperazine rings is 1. The predicted octanol–water partition coefficient (Wildman–Crippen LogP) is 3.19. The number of hydrogen-bond acceptors (Lipinski definition) is 4. The molecule has 33 heavy (non-hydrogen) atoms. The number of para-hydroxylation sites is 1. The van der Waals surface area contributed by atoms with E-state index in [1.54, 1.807) is 0 Å². The highest BCUT2D eigenvalue weighted by atomic mass is 16.2. The number of carbonyl (C=O) groups is 2. The largest absolute Gasteiger partial charge is 0.340 e. The average Bonchev–Trinajstić information content (AvgIpc) is 3.11. The Balaban J connectivity index is 1.13. The summed E-state index contributed by atoms with van der Waals surface area (Å²) in [4.78, 5) is 34.3. The second-order valence-corrected chi connectivity index (χ2v) is 9.32. The maximum Gasteiger partial charge on any atom is 0.227 e. The standard InChI is InChI=1S/C26H31N5O2/c1-18-9-10-31-23(19(2)27-24(31)15-18)17-29-11-13-30(14-12-29)25(32)8-7-21-16-20-5-3-4-6-22(20)28-26(21)33/h3-6,9-10,15,21H,7-8,11-14,16-17H2,1-2H3,(H,28,33). The van der Waals surface area contributed by atoms with E-state index < -0.39 is 0 Å². The van der Waals surface area contributed by atoms with Gasteiger partial charge in [0.05, 0.1) is 11.4 Å². The van der Waals surface area contributed by atoms with Gasteiger partial charge in [0.1, 0.15) is 5.65 Å². The quantitative estimate of drug-likeness (QED) is 0.655. The number of hydrogen-bond donors (Lipinski definition) is 1. The number of fused-ring (bicyclic) bond motifs is 2. The minimum Gasteiger partial charge on any atom is -0.340 e. The van der Waals surface area contributed by atoms with E-state index in [4.69, 9.17) is 4.98 Å². The lowest BCUT2D eigenvalue weighted by atomic mass is 9.89. The third-order valence-electron chi connectivity index (χ3n) is 7.00. The molecule has 3 aromatic rings. The van der Waals surface area contributed by atoms with Crippen LogP contribution in [0.15, 0.2) is 42.6 Å². The van der Waals surface area contributed by atoms with E-state index in [9.17, 15) is 9.59 Å². The van der Waals surface area contributed by atoms with Crippen LogP contribution in [0.5, 0.6) is 0 Å². The normalized spacial score (nSPS) is 18.9. The highest BCUT2D eigenvalue weighted by Crippen LogP contribution is 2.28. The van der Waals surface area contributed by atoms with Gasteiger partial charge in [-0.25, -0.2) is 4.98 Å². The zero-order valence-corrected chi connectivity index (χ0v) is 19.4. The van der Waals surface area contributed by atoms with Crippen molar-refractivity contribution in [1.82, 2.24) is 19.2 Å². The number of amides is 2. The second kappa shape index (κ2) is 8.98. The second-order valence-electron chi connectivity index (χ2n) is 9.32. The van der Waals surface area contributed by atoms with Crippen molar-refractivity contribution in [3.63, 3.8) is 0 Å². The molecule has 2 aliphatic heterocycles. The van der Waals surface area contributed by atoms with Crippen LogP contribution in [-0.4, -0.2) is 57.2 Å². The third kappa shape index (κ3) is 4.50. The maximum absolute atomic E-state index is 12.8. The molecule has 4 heterocycles. The van der Waals surface area contributed by atoms with Crippen LogP contribution in [0.1, 0.15) is 35.4 Å². The monoisotopic (exact) mass is 445 g/mol. The van der Waals surface area contributed by atoms with Gasteiger partial charge in [0.15, 0.2) is 0 Å². The first-order chi connectivity index (χ1) is 16.0. The Hall–Kier alpha value is -3.19. The molecular weight excluding hydrogens is 414 g/mol. The van der Waals surface area contributed by atoms with Gasteiger partial charge in [0, 0.05) is 56.9 Å². The number of nitrogens with one attached hydrogen (secondary N) is 1. The molecule has 2 aliphatic rings. The van der Waals surface area contributed by atoms with Crippen molar-refractivity contribution >= 4 is 23.1 Å². The number of rotatable bonds is 5. The van der Waals surface area contributed by atoms with E-state index >= 15 is 0 Å². The molecular formula is C26H31N5O2. The fourth-order valence-electron chi connectivity index (χ4n) is 4.97. The minimum absolute atomic E-state index is 0.0323. The average molecular weight is 446 g/mol. The Labute approximate surface area is 194 Å². The lowest BCUT2D eigenvalue weighted by molar-refractivity contribution is -0.133. The zero-order valence-electron chi connectivity index (χ0n) is 19.4. The summed E-state index contributed by atoms with van der Waals surface area (Å²) < 4.78 is 2.17. The van der Waals surface area contributed by atoms with Gasteiger partial charge in [-0.1, -0.05) is 18.2 Å². The SMILES string of the molecule is Cc1ccn2c(CN3CCN(C(=O)CCC4Cc5ccccc5NC4=O)CC3)c(C)nc2c1. The Kier molecular flexibility index (Phi) is 5.89. The molecule has 2 amide bonds. The number of carbonyl (C=O) groups excluding carboxylic acids is 2. The summed E-state index contributed by atoms with van der Waals surface area (Å²) in [6.07, 6.45) is 3.83. The summed E-state index contributed by atoms with van der Waals surface area (Å²) in [6, 6.07) is 12.1. The Morgan fingerprint density at radius 1 is 1.12 bits per heavy atom. The minimum atomic E-state index is -0.133. The molecule has 1 atom stereocenters. The molecule has 1 unspecified atom stereocenters. The predicted molar refractivity (Wildman–Crippen MR) is 128 cm³/mol. The van der Waals surface area contributed by atoms with Gasteiger partial charge in [-0.3, -0.25) is 14.5 Å². The summed E-state index contributed by atoms with van der Waals surface area (Å²) >= 11 is 0. The first kappa shape index (κ1) is 21.6. The number of pyridine rings is 1. The third-order valence-corrected chi connectivity index (χ3v) is 7.00. The van der Waals surface area contributed by atoms with E-state index in [1.807, 2.05) is 23.1 Å². The summed E-state index contributed by atoms with van der Waals surface area (Å²) in [5, 5.41) is 2.98. The molecule has 1 aromatic carbocycles. The summed E-state index contributed by atoms with van der Waals surface area (Å²) in [5.74, 6) is 0.0552. The number of aryl methyl sites for hydroxylation is 2. The fraction of sp³-hybridized carbons (Fsp3) is 0.423. The maximum atomic E-state index is 12.8. The van der Waals surface area contributed by atoms with Crippen molar-refractivity contribution in [2.75, 3.05) is 31.5 Å². The number of benzene rings is 1. The Morgan fingerprint density at radius 2 is 1.91 bits per heavy atom. The Bertz CT molecular complexity index is 1190. The summed E-state index contributed by atoms with van der Waals surface area (Å²) in [7, 11) is 0. The van der Waals surface area contributed by atoms with Crippen LogP contribution in [0.3, 0.4) is 0 Å². The van der Waals surface area contributed by atoms with Crippen molar-refractivity contribution in [2.45, 2.75) is 39.7 Å². The molecule has 0 bridgehead atoms. The van der Waals surface area contributed by atoms with Crippen LogP contribution in [0.4, 0.5) is 5.69 Å². The molecule has 7 heteroatoms. The van der Waals surface area contributed by atoms with E-state index in [0.29, 0.717) is 19.3 Å². The topological polar surface area (TPSA) is 70.0 Å². The van der Waals surface area contributed by atoms with Crippen LogP contribution in [0, 0.1) is 19.8 Å². The van der Waals surface area contributed by atoms with Crippen LogP contribution >= 0.6 is 0 Å². The molecule has 1 saturated heterocycles. The smallest absolute Gasteiger partial charge is 0.227 e. The van der Waals surface area contributed by atoms with Crippen LogP contribution in [-0.2, 0) is 22.6 Å². The number of anilines is 1. The van der Waals surface area contributed by atoms with Gasteiger partial charge < -0.3 is 14.6 Å². The molecule has 0 saturated carbocycles. The van der Waals surface area contributed by atoms with Crippen molar-refractivity contribution in [2.24, 2.45) is 5.92 Å². The molecule has 172 valence electrons. The van der Waals surface area contributed by atoms with Gasteiger partial charge in [0.25, 0.3) is 0 Å². The van der Waals surface area contributed by atoms with Crippen molar-refractivity contribution < 1.29 is 9.59 Å². The lowest BCUT2D eigenvalue weighted by Crippen LogP contribution is -2.48. The van der Waals surface area contributed by atoms with Gasteiger partial charge in [-0.15, -0.1) is 0 Å². The Morgan fingerprint density at radius 3 is 2.73 bits per heavy atom. The molecule has 0 radical (unpaired) electrons. The van der Waals surface area contributed by atoms with Crippen LogP contribution < -0.4 is 5.32 Å². The van der Waals surface area contributed by atoms with Crippen molar-refractivity contribution in [3.8, 4) is 0 Å². The van der Waals surface area contributed by atoms with Gasteiger partial charge in [-0.2, -0.15) is 0 Å². The lowest BCUT2D eigenvalue weighted by Gasteiger charge is -2.35. The molecule has 1 N–H and O–H groups in total. The molecule has 1 fully saturated rings. The number of aromatic nitrogens is 2. The van der Waals surface area contributed by atoms with Crippen molar-refractivity contribution in [3.05, 3.63) is 65.1 Å². The van der Waals surface area contributed by atoms with Crippen LogP contribution in [0.25, 0.3) is 5.65 Å².